The van der Waals surface area contributed by atoms with Crippen LogP contribution in [-0.4, -0.2) is 12.1 Å². The van der Waals surface area contributed by atoms with Crippen LogP contribution in [-0.2, 0) is 9.53 Å². The van der Waals surface area contributed by atoms with Crippen LogP contribution in [0.25, 0.3) is 0 Å². The van der Waals surface area contributed by atoms with Gasteiger partial charge < -0.3 is 4.74 Å². The van der Waals surface area contributed by atoms with Gasteiger partial charge in [0.25, 0.3) is 0 Å². The lowest BCUT2D eigenvalue weighted by Gasteiger charge is -2.58. The van der Waals surface area contributed by atoms with E-state index < -0.39 is 0 Å². The average Bonchev–Trinajstić information content (AvgIpc) is 3.19. The molecule has 3 saturated carbocycles. The van der Waals surface area contributed by atoms with Crippen LogP contribution in [0.3, 0.4) is 0 Å². The standard InChI is InChI=1S/C33H54O2/c1-9-22(4)31(34)35-26-16-18-32(7)25(20-26)12-13-27-29-15-14-28(33(29,8)19-17-30(27)32)24(6)11-10-23(5)21(2)3/h10-12,21-24,26-30H,9,13-20H2,1-8H3. The van der Waals surface area contributed by atoms with Crippen molar-refractivity contribution in [2.24, 2.45) is 58.2 Å². The Kier molecular flexibility index (Phi) is 8.00. The Labute approximate surface area is 216 Å². The second kappa shape index (κ2) is 10.4. The van der Waals surface area contributed by atoms with Gasteiger partial charge in [-0.2, -0.15) is 0 Å². The molecule has 0 spiro atoms. The monoisotopic (exact) mass is 482 g/mol. The van der Waals surface area contributed by atoms with E-state index in [1.165, 1.54) is 38.5 Å². The van der Waals surface area contributed by atoms with E-state index in [-0.39, 0.29) is 18.0 Å². The maximum atomic E-state index is 12.4. The maximum absolute atomic E-state index is 12.4. The highest BCUT2D eigenvalue weighted by Gasteiger charge is 2.59. The summed E-state index contributed by atoms with van der Waals surface area (Å²) >= 11 is 0. The predicted molar refractivity (Wildman–Crippen MR) is 147 cm³/mol. The molecule has 0 amide bonds. The normalized spacial score (nSPS) is 41.5. The van der Waals surface area contributed by atoms with Crippen molar-refractivity contribution in [1.29, 1.82) is 0 Å². The van der Waals surface area contributed by atoms with Crippen LogP contribution in [0.15, 0.2) is 23.8 Å². The molecule has 0 saturated heterocycles. The van der Waals surface area contributed by atoms with Crippen LogP contribution in [0, 0.1) is 58.2 Å². The Morgan fingerprint density at radius 2 is 1.77 bits per heavy atom. The minimum Gasteiger partial charge on any atom is -0.462 e. The third kappa shape index (κ3) is 4.94. The van der Waals surface area contributed by atoms with E-state index in [0.29, 0.717) is 22.7 Å². The first-order valence-electron chi connectivity index (χ1n) is 15.1. The van der Waals surface area contributed by atoms with Gasteiger partial charge in [0.2, 0.25) is 0 Å². The van der Waals surface area contributed by atoms with Crippen molar-refractivity contribution in [2.75, 3.05) is 0 Å². The summed E-state index contributed by atoms with van der Waals surface area (Å²) in [7, 11) is 0. The Morgan fingerprint density at radius 3 is 2.46 bits per heavy atom. The zero-order valence-electron chi connectivity index (χ0n) is 24.1. The van der Waals surface area contributed by atoms with E-state index in [2.05, 4.69) is 66.7 Å². The molecule has 4 aliphatic rings. The van der Waals surface area contributed by atoms with Gasteiger partial charge in [0, 0.05) is 6.42 Å². The molecule has 2 heteroatoms. The average molecular weight is 483 g/mol. The number of ether oxygens (including phenoxy) is 1. The molecule has 0 heterocycles. The number of carbonyl (C=O) groups is 1. The third-order valence-corrected chi connectivity index (χ3v) is 11.8. The first-order valence-corrected chi connectivity index (χ1v) is 15.1. The lowest BCUT2D eigenvalue weighted by atomic mass is 9.47. The van der Waals surface area contributed by atoms with Crippen LogP contribution in [0.1, 0.15) is 113 Å². The molecule has 4 rings (SSSR count). The smallest absolute Gasteiger partial charge is 0.308 e. The molecule has 0 aliphatic heterocycles. The van der Waals surface area contributed by atoms with E-state index in [1.54, 1.807) is 5.57 Å². The topological polar surface area (TPSA) is 26.3 Å². The quantitative estimate of drug-likeness (QED) is 0.267. The number of rotatable bonds is 7. The van der Waals surface area contributed by atoms with Crippen LogP contribution in [0.5, 0.6) is 0 Å². The van der Waals surface area contributed by atoms with Gasteiger partial charge in [0.1, 0.15) is 6.10 Å². The van der Waals surface area contributed by atoms with Gasteiger partial charge in [-0.3, -0.25) is 4.79 Å². The molecule has 35 heavy (non-hydrogen) atoms. The molecule has 10 unspecified atom stereocenters. The Morgan fingerprint density at radius 1 is 1.03 bits per heavy atom. The third-order valence-electron chi connectivity index (χ3n) is 11.8. The molecule has 0 radical (unpaired) electrons. The number of fused-ring (bicyclic) bond motifs is 5. The van der Waals surface area contributed by atoms with Gasteiger partial charge in [0.15, 0.2) is 0 Å². The van der Waals surface area contributed by atoms with Crippen molar-refractivity contribution in [2.45, 2.75) is 119 Å². The fourth-order valence-electron chi connectivity index (χ4n) is 8.79. The minimum absolute atomic E-state index is 0.00627. The molecule has 198 valence electrons. The zero-order chi connectivity index (χ0) is 25.5. The fourth-order valence-corrected chi connectivity index (χ4v) is 8.79. The lowest BCUT2D eigenvalue weighted by Crippen LogP contribution is -2.51. The predicted octanol–water partition coefficient (Wildman–Crippen LogP) is 9.01. The van der Waals surface area contributed by atoms with E-state index in [1.807, 2.05) is 6.92 Å². The Bertz CT molecular complexity index is 823. The molecule has 0 aromatic heterocycles. The van der Waals surface area contributed by atoms with Crippen molar-refractivity contribution in [3.05, 3.63) is 23.8 Å². The van der Waals surface area contributed by atoms with Crippen LogP contribution in [0.2, 0.25) is 0 Å². The SMILES string of the molecule is CCC(C)C(=O)OC1CCC2(C)C(=CCC3C2CCC2(C)C(C(C)C=CC(C)C(C)C)CCC32)C1. The summed E-state index contributed by atoms with van der Waals surface area (Å²) in [5.74, 6) is 5.46. The van der Waals surface area contributed by atoms with Crippen molar-refractivity contribution in [1.82, 2.24) is 0 Å². The Hall–Kier alpha value is -1.05. The largest absolute Gasteiger partial charge is 0.462 e. The highest BCUT2D eigenvalue weighted by Crippen LogP contribution is 2.67. The van der Waals surface area contributed by atoms with Crippen LogP contribution < -0.4 is 0 Å². The van der Waals surface area contributed by atoms with Crippen molar-refractivity contribution in [3.8, 4) is 0 Å². The van der Waals surface area contributed by atoms with Gasteiger partial charge in [0.05, 0.1) is 5.92 Å². The van der Waals surface area contributed by atoms with Crippen molar-refractivity contribution in [3.63, 3.8) is 0 Å². The Balaban J connectivity index is 1.46. The van der Waals surface area contributed by atoms with Crippen LogP contribution in [0.4, 0.5) is 0 Å². The molecule has 4 aliphatic carbocycles. The van der Waals surface area contributed by atoms with E-state index in [4.69, 9.17) is 4.74 Å². The highest BCUT2D eigenvalue weighted by molar-refractivity contribution is 5.72. The maximum Gasteiger partial charge on any atom is 0.308 e. The van der Waals surface area contributed by atoms with Gasteiger partial charge in [-0.05, 0) is 104 Å². The molecular formula is C33H54O2. The molecule has 2 nitrogen and oxygen atoms in total. The summed E-state index contributed by atoms with van der Waals surface area (Å²) < 4.78 is 5.97. The molecule has 3 fully saturated rings. The van der Waals surface area contributed by atoms with Gasteiger partial charge in [-0.25, -0.2) is 0 Å². The summed E-state index contributed by atoms with van der Waals surface area (Å²) in [5, 5.41) is 0. The second-order valence-electron chi connectivity index (χ2n) is 13.9. The van der Waals surface area contributed by atoms with Crippen molar-refractivity contribution >= 4 is 5.97 Å². The highest BCUT2D eigenvalue weighted by atomic mass is 16.5. The number of carbonyl (C=O) groups excluding carboxylic acids is 1. The zero-order valence-corrected chi connectivity index (χ0v) is 24.1. The molecular weight excluding hydrogens is 428 g/mol. The summed E-state index contributed by atoms with van der Waals surface area (Å²) in [6, 6.07) is 0. The molecule has 0 N–H and O–H groups in total. The number of esters is 1. The molecule has 0 aromatic carbocycles. The minimum atomic E-state index is 0.00627. The van der Waals surface area contributed by atoms with E-state index >= 15 is 0 Å². The molecule has 0 bridgehead atoms. The number of hydrogen-bond acceptors (Lipinski definition) is 2. The summed E-state index contributed by atoms with van der Waals surface area (Å²) in [4.78, 5) is 12.4. The van der Waals surface area contributed by atoms with Gasteiger partial charge in [-0.15, -0.1) is 0 Å². The second-order valence-corrected chi connectivity index (χ2v) is 13.9. The summed E-state index contributed by atoms with van der Waals surface area (Å²) in [6.07, 6.45) is 18.7. The first-order chi connectivity index (χ1) is 16.5. The van der Waals surface area contributed by atoms with E-state index in [0.717, 1.165) is 48.9 Å². The molecule has 0 aromatic rings. The fraction of sp³-hybridized carbons (Fsp3) is 0.848. The van der Waals surface area contributed by atoms with Gasteiger partial charge >= 0.3 is 5.97 Å². The lowest BCUT2D eigenvalue weighted by molar-refractivity contribution is -0.156. The van der Waals surface area contributed by atoms with Gasteiger partial charge in [-0.1, -0.05) is 79.2 Å². The van der Waals surface area contributed by atoms with Crippen LogP contribution >= 0.6 is 0 Å². The summed E-state index contributed by atoms with van der Waals surface area (Å²) in [6.45, 7) is 18.8. The molecule has 10 atom stereocenters. The first kappa shape index (κ1) is 27.0. The summed E-state index contributed by atoms with van der Waals surface area (Å²) in [5.41, 5.74) is 2.43. The van der Waals surface area contributed by atoms with Crippen molar-refractivity contribution < 1.29 is 9.53 Å². The number of hydrogen-bond donors (Lipinski definition) is 0. The number of allylic oxidation sites excluding steroid dienone is 3. The van der Waals surface area contributed by atoms with E-state index in [9.17, 15) is 4.79 Å².